The van der Waals surface area contributed by atoms with E-state index >= 15 is 0 Å². The molecule has 0 heterocycles. The van der Waals surface area contributed by atoms with E-state index in [1.165, 1.54) is 11.8 Å². The van der Waals surface area contributed by atoms with E-state index in [9.17, 15) is 0 Å². The Labute approximate surface area is 129 Å². The van der Waals surface area contributed by atoms with E-state index in [4.69, 9.17) is 15.7 Å². The second-order valence-electron chi connectivity index (χ2n) is 3.91. The van der Waals surface area contributed by atoms with Gasteiger partial charge >= 0.3 is 0 Å². The maximum atomic E-state index is 8.86. The molecule has 104 valence electrons. The molecular weight excluding hydrogens is 340 g/mol. The highest BCUT2D eigenvalue weighted by molar-refractivity contribution is 9.10. The van der Waals surface area contributed by atoms with Crippen LogP contribution in [0.4, 0.5) is 0 Å². The highest BCUT2D eigenvalue weighted by atomic mass is 79.9. The fraction of sp³-hybridized carbons (Fsp3) is 0.0714. The molecule has 0 aliphatic carbocycles. The highest BCUT2D eigenvalue weighted by Gasteiger charge is 2.10. The number of nitrogens with two attached hydrogens (primary N) is 1. The van der Waals surface area contributed by atoms with E-state index in [0.717, 1.165) is 20.0 Å². The van der Waals surface area contributed by atoms with Crippen LogP contribution in [0.3, 0.4) is 0 Å². The number of rotatable bonds is 4. The van der Waals surface area contributed by atoms with E-state index in [1.807, 2.05) is 30.3 Å². The molecule has 0 aliphatic rings. The fourth-order valence-corrected chi connectivity index (χ4v) is 3.23. The lowest BCUT2D eigenvalue weighted by molar-refractivity contribution is 0.318. The molecule has 0 unspecified atom stereocenters. The number of nitrogens with zero attached hydrogens (tertiary/aromatic N) is 1. The molecule has 0 radical (unpaired) electrons. The second-order valence-corrected chi connectivity index (χ2v) is 5.94. The van der Waals surface area contributed by atoms with Crippen LogP contribution < -0.4 is 10.5 Å². The van der Waals surface area contributed by atoms with E-state index in [1.54, 1.807) is 19.2 Å². The van der Waals surface area contributed by atoms with Gasteiger partial charge in [0, 0.05) is 19.8 Å². The van der Waals surface area contributed by atoms with E-state index < -0.39 is 0 Å². The molecule has 6 heteroatoms. The van der Waals surface area contributed by atoms with Crippen molar-refractivity contribution in [1.82, 2.24) is 0 Å². The molecule has 2 aromatic carbocycles. The Bertz CT molecular complexity index is 647. The monoisotopic (exact) mass is 352 g/mol. The van der Waals surface area contributed by atoms with Crippen molar-refractivity contribution >= 4 is 33.5 Å². The van der Waals surface area contributed by atoms with Gasteiger partial charge in [-0.1, -0.05) is 38.9 Å². The quantitative estimate of drug-likeness (QED) is 0.381. The summed E-state index contributed by atoms with van der Waals surface area (Å²) < 4.78 is 6.21. The minimum atomic E-state index is 0.0742. The standard InChI is InChI=1S/C14H13BrN2O2S/c1-19-10-5-6-12(14(16)17-18)13(8-10)20-11-4-2-3-9(15)7-11/h2-8,18H,1H3,(H2,16,17). The predicted molar refractivity (Wildman–Crippen MR) is 83.8 cm³/mol. The van der Waals surface area contributed by atoms with Gasteiger partial charge in [0.2, 0.25) is 0 Å². The largest absolute Gasteiger partial charge is 0.497 e. The SMILES string of the molecule is COc1ccc(/C(N)=N/O)c(Sc2cccc(Br)c2)c1. The molecule has 0 spiro atoms. The van der Waals surface area contributed by atoms with Gasteiger partial charge < -0.3 is 15.7 Å². The average Bonchev–Trinajstić information content (AvgIpc) is 2.46. The van der Waals surface area contributed by atoms with Gasteiger partial charge in [-0.3, -0.25) is 0 Å². The van der Waals surface area contributed by atoms with E-state index in [0.29, 0.717) is 5.56 Å². The molecule has 0 fully saturated rings. The van der Waals surface area contributed by atoms with Crippen molar-refractivity contribution in [2.75, 3.05) is 7.11 Å². The van der Waals surface area contributed by atoms with Crippen LogP contribution in [0.2, 0.25) is 0 Å². The molecule has 0 aromatic heterocycles. The van der Waals surface area contributed by atoms with Crippen LogP contribution in [0.25, 0.3) is 0 Å². The topological polar surface area (TPSA) is 67.8 Å². The normalized spacial score (nSPS) is 11.4. The Kier molecular flexibility index (Phi) is 4.92. The van der Waals surface area contributed by atoms with Gasteiger partial charge in [0.25, 0.3) is 0 Å². The van der Waals surface area contributed by atoms with Crippen LogP contribution in [-0.2, 0) is 0 Å². The Hall–Kier alpha value is -1.66. The van der Waals surface area contributed by atoms with Crippen molar-refractivity contribution in [1.29, 1.82) is 0 Å². The van der Waals surface area contributed by atoms with Gasteiger partial charge in [0.15, 0.2) is 5.84 Å². The number of oxime groups is 1. The highest BCUT2D eigenvalue weighted by Crippen LogP contribution is 2.34. The van der Waals surface area contributed by atoms with Crippen molar-refractivity contribution in [3.63, 3.8) is 0 Å². The van der Waals surface area contributed by atoms with Crippen molar-refractivity contribution in [3.05, 3.63) is 52.5 Å². The van der Waals surface area contributed by atoms with Gasteiger partial charge in [0.1, 0.15) is 5.75 Å². The summed E-state index contributed by atoms with van der Waals surface area (Å²) in [7, 11) is 1.60. The van der Waals surface area contributed by atoms with Crippen LogP contribution in [0, 0.1) is 0 Å². The summed E-state index contributed by atoms with van der Waals surface area (Å²) in [6, 6.07) is 13.3. The number of benzene rings is 2. The zero-order chi connectivity index (χ0) is 14.5. The van der Waals surface area contributed by atoms with Crippen molar-refractivity contribution in [3.8, 4) is 5.75 Å². The maximum absolute atomic E-state index is 8.86. The smallest absolute Gasteiger partial charge is 0.171 e. The number of amidine groups is 1. The van der Waals surface area contributed by atoms with Crippen LogP contribution in [0.15, 0.2) is 61.9 Å². The Morgan fingerprint density at radius 1 is 1.30 bits per heavy atom. The van der Waals surface area contributed by atoms with Crippen LogP contribution in [0.5, 0.6) is 5.75 Å². The minimum absolute atomic E-state index is 0.0742. The third kappa shape index (κ3) is 3.46. The molecular formula is C14H13BrN2O2S. The molecule has 3 N–H and O–H groups in total. The molecule has 4 nitrogen and oxygen atoms in total. The zero-order valence-electron chi connectivity index (χ0n) is 10.7. The molecule has 0 bridgehead atoms. The predicted octanol–water partition coefficient (Wildman–Crippen LogP) is 3.70. The summed E-state index contributed by atoms with van der Waals surface area (Å²) in [4.78, 5) is 1.90. The summed E-state index contributed by atoms with van der Waals surface area (Å²) in [6.45, 7) is 0. The van der Waals surface area contributed by atoms with Crippen LogP contribution >= 0.6 is 27.7 Å². The Morgan fingerprint density at radius 3 is 2.75 bits per heavy atom. The lowest BCUT2D eigenvalue weighted by Gasteiger charge is -2.10. The number of hydrogen-bond acceptors (Lipinski definition) is 4. The second kappa shape index (κ2) is 6.67. The molecule has 0 aliphatic heterocycles. The van der Waals surface area contributed by atoms with Gasteiger partial charge in [-0.25, -0.2) is 0 Å². The Balaban J connectivity index is 2.42. The summed E-state index contributed by atoms with van der Waals surface area (Å²) in [5, 5.41) is 11.9. The van der Waals surface area contributed by atoms with Crippen molar-refractivity contribution in [2.24, 2.45) is 10.9 Å². The van der Waals surface area contributed by atoms with Gasteiger partial charge in [-0.2, -0.15) is 0 Å². The molecule has 2 aromatic rings. The first kappa shape index (κ1) is 14.7. The van der Waals surface area contributed by atoms with Gasteiger partial charge in [-0.15, -0.1) is 0 Å². The number of methoxy groups -OCH3 is 1. The number of halogens is 1. The summed E-state index contributed by atoms with van der Waals surface area (Å²) in [5.74, 6) is 0.794. The summed E-state index contributed by atoms with van der Waals surface area (Å²) >= 11 is 4.96. The zero-order valence-corrected chi connectivity index (χ0v) is 13.1. The van der Waals surface area contributed by atoms with Crippen molar-refractivity contribution in [2.45, 2.75) is 9.79 Å². The van der Waals surface area contributed by atoms with Gasteiger partial charge in [-0.05, 0) is 36.4 Å². The maximum Gasteiger partial charge on any atom is 0.171 e. The summed E-state index contributed by atoms with van der Waals surface area (Å²) in [6.07, 6.45) is 0. The third-order valence-electron chi connectivity index (χ3n) is 2.60. The fourth-order valence-electron chi connectivity index (χ4n) is 1.64. The molecule has 0 amide bonds. The number of ether oxygens (including phenoxy) is 1. The Morgan fingerprint density at radius 2 is 2.10 bits per heavy atom. The lowest BCUT2D eigenvalue weighted by atomic mass is 10.2. The third-order valence-corrected chi connectivity index (χ3v) is 4.14. The first-order chi connectivity index (χ1) is 9.63. The molecule has 2 rings (SSSR count). The molecule has 20 heavy (non-hydrogen) atoms. The minimum Gasteiger partial charge on any atom is -0.497 e. The molecule has 0 saturated carbocycles. The lowest BCUT2D eigenvalue weighted by Crippen LogP contribution is -2.14. The molecule has 0 atom stereocenters. The van der Waals surface area contributed by atoms with E-state index in [2.05, 4.69) is 21.1 Å². The first-order valence-corrected chi connectivity index (χ1v) is 7.34. The van der Waals surface area contributed by atoms with E-state index in [-0.39, 0.29) is 5.84 Å². The first-order valence-electron chi connectivity index (χ1n) is 5.73. The number of hydrogen-bond donors (Lipinski definition) is 2. The molecule has 0 saturated heterocycles. The van der Waals surface area contributed by atoms with Gasteiger partial charge in [0.05, 0.1) is 7.11 Å². The van der Waals surface area contributed by atoms with Crippen LogP contribution in [0.1, 0.15) is 5.56 Å². The summed E-state index contributed by atoms with van der Waals surface area (Å²) in [5.41, 5.74) is 6.37. The van der Waals surface area contributed by atoms with Crippen molar-refractivity contribution < 1.29 is 9.94 Å². The van der Waals surface area contributed by atoms with Crippen LogP contribution in [-0.4, -0.2) is 18.2 Å². The average molecular weight is 353 g/mol.